The Balaban J connectivity index is 2.89. The number of hydrazone groups is 1. The molecule has 2 amide bonds. The number of hydrogen-bond donors (Lipinski definition) is 2. The molecule has 1 heterocycles. The Labute approximate surface area is 130 Å². The second kappa shape index (κ2) is 8.09. The van der Waals surface area contributed by atoms with E-state index in [-0.39, 0.29) is 13.1 Å². The van der Waals surface area contributed by atoms with Crippen molar-refractivity contribution in [1.29, 1.82) is 0 Å². The number of amides is 2. The summed E-state index contributed by atoms with van der Waals surface area (Å²) in [6.45, 7) is 6.40. The Kier molecular flexibility index (Phi) is 6.76. The van der Waals surface area contributed by atoms with Crippen LogP contribution in [-0.4, -0.2) is 69.4 Å². The van der Waals surface area contributed by atoms with Gasteiger partial charge < -0.3 is 19.8 Å². The number of ether oxygens (including phenoxy) is 1. The first kappa shape index (κ1) is 18.4. The van der Waals surface area contributed by atoms with E-state index in [0.717, 1.165) is 11.4 Å². The van der Waals surface area contributed by atoms with Gasteiger partial charge >= 0.3 is 0 Å². The number of carbonyl (C=O) groups excluding carboxylic acids is 2. The summed E-state index contributed by atoms with van der Waals surface area (Å²) < 4.78 is 5.48. The van der Waals surface area contributed by atoms with Crippen molar-refractivity contribution in [2.75, 3.05) is 13.1 Å². The van der Waals surface area contributed by atoms with Gasteiger partial charge in [-0.1, -0.05) is 6.92 Å². The molecule has 0 saturated carbocycles. The molecule has 1 rings (SSSR count). The lowest BCUT2D eigenvalue weighted by atomic mass is 10.2. The Morgan fingerprint density at radius 1 is 1.32 bits per heavy atom. The lowest BCUT2D eigenvalue weighted by Gasteiger charge is -2.29. The van der Waals surface area contributed by atoms with Crippen LogP contribution in [0, 0.1) is 0 Å². The van der Waals surface area contributed by atoms with Gasteiger partial charge in [-0.3, -0.25) is 9.59 Å². The molecule has 0 aliphatic carbocycles. The monoisotopic (exact) mass is 315 g/mol. The quantitative estimate of drug-likeness (QED) is 0.682. The van der Waals surface area contributed by atoms with E-state index in [0.29, 0.717) is 12.3 Å². The Morgan fingerprint density at radius 2 is 1.86 bits per heavy atom. The van der Waals surface area contributed by atoms with E-state index in [1.165, 1.54) is 11.8 Å². The second-order valence-corrected chi connectivity index (χ2v) is 5.52. The number of aliphatic hydroxyl groups is 2. The van der Waals surface area contributed by atoms with Crippen molar-refractivity contribution in [3.8, 4) is 0 Å². The van der Waals surface area contributed by atoms with Gasteiger partial charge in [0.05, 0.1) is 12.2 Å². The molecule has 22 heavy (non-hydrogen) atoms. The minimum atomic E-state index is -1.17. The molecule has 0 radical (unpaired) electrons. The number of rotatable bonds is 7. The number of aliphatic hydroxyl groups excluding tert-OH is 2. The Morgan fingerprint density at radius 3 is 2.27 bits per heavy atom. The van der Waals surface area contributed by atoms with Crippen molar-refractivity contribution in [1.82, 2.24) is 9.91 Å². The lowest BCUT2D eigenvalue weighted by molar-refractivity contribution is -0.155. The molecular formula is C14H25N3O5. The average Bonchev–Trinajstić information content (AvgIpc) is 2.80. The van der Waals surface area contributed by atoms with Crippen molar-refractivity contribution >= 4 is 17.7 Å². The van der Waals surface area contributed by atoms with E-state index in [1.54, 1.807) is 13.8 Å². The molecule has 126 valence electrons. The van der Waals surface area contributed by atoms with Crippen LogP contribution in [0.3, 0.4) is 0 Å². The summed E-state index contributed by atoms with van der Waals surface area (Å²) in [5, 5.41) is 24.1. The third-order valence-corrected chi connectivity index (χ3v) is 2.97. The van der Waals surface area contributed by atoms with Crippen LogP contribution < -0.4 is 0 Å². The van der Waals surface area contributed by atoms with Crippen LogP contribution in [0.15, 0.2) is 5.10 Å². The summed E-state index contributed by atoms with van der Waals surface area (Å²) >= 11 is 0. The van der Waals surface area contributed by atoms with E-state index in [4.69, 9.17) is 4.74 Å². The predicted molar refractivity (Wildman–Crippen MR) is 79.7 cm³/mol. The SMILES string of the molecule is CCCC1=NN(C(C)=O)C(C(=O)N(CC(C)O)CC(C)O)O1. The van der Waals surface area contributed by atoms with Crippen LogP contribution in [0.5, 0.6) is 0 Å². The van der Waals surface area contributed by atoms with Gasteiger partial charge in [-0.25, -0.2) is 0 Å². The van der Waals surface area contributed by atoms with E-state index in [9.17, 15) is 19.8 Å². The molecule has 0 spiro atoms. The molecule has 8 heteroatoms. The molecular weight excluding hydrogens is 290 g/mol. The summed E-state index contributed by atoms with van der Waals surface area (Å²) in [6.07, 6.45) is -1.38. The molecule has 0 aromatic heterocycles. The molecule has 3 atom stereocenters. The van der Waals surface area contributed by atoms with Gasteiger partial charge in [-0.05, 0) is 20.3 Å². The first-order chi connectivity index (χ1) is 10.3. The highest BCUT2D eigenvalue weighted by Crippen LogP contribution is 2.18. The van der Waals surface area contributed by atoms with E-state index >= 15 is 0 Å². The highest BCUT2D eigenvalue weighted by molar-refractivity contribution is 5.91. The van der Waals surface area contributed by atoms with E-state index in [2.05, 4.69) is 5.10 Å². The molecule has 3 unspecified atom stereocenters. The van der Waals surface area contributed by atoms with Crippen molar-refractivity contribution < 1.29 is 24.5 Å². The van der Waals surface area contributed by atoms with E-state index in [1.807, 2.05) is 6.92 Å². The van der Waals surface area contributed by atoms with Crippen LogP contribution in [0.25, 0.3) is 0 Å². The second-order valence-electron chi connectivity index (χ2n) is 5.52. The van der Waals surface area contributed by atoms with Crippen LogP contribution in [-0.2, 0) is 14.3 Å². The summed E-state index contributed by atoms with van der Waals surface area (Å²) in [4.78, 5) is 25.5. The molecule has 8 nitrogen and oxygen atoms in total. The average molecular weight is 315 g/mol. The standard InChI is InChI=1S/C14H25N3O5/c1-5-6-12-15-17(11(4)20)14(22-12)13(21)16(7-9(2)18)8-10(3)19/h9-10,14,18-19H,5-8H2,1-4H3. The zero-order chi connectivity index (χ0) is 16.9. The lowest BCUT2D eigenvalue weighted by Crippen LogP contribution is -2.51. The number of hydrogen-bond acceptors (Lipinski definition) is 6. The van der Waals surface area contributed by atoms with Gasteiger partial charge in [0.15, 0.2) is 0 Å². The van der Waals surface area contributed by atoms with Gasteiger partial charge in [0.1, 0.15) is 0 Å². The smallest absolute Gasteiger partial charge is 0.287 e. The molecule has 0 saturated heterocycles. The molecule has 1 aliphatic rings. The fraction of sp³-hybridized carbons (Fsp3) is 0.786. The van der Waals surface area contributed by atoms with Crippen molar-refractivity contribution in [2.45, 2.75) is 59.0 Å². The maximum absolute atomic E-state index is 12.6. The minimum Gasteiger partial charge on any atom is -0.444 e. The van der Waals surface area contributed by atoms with Crippen LogP contribution >= 0.6 is 0 Å². The fourth-order valence-electron chi connectivity index (χ4n) is 2.14. The highest BCUT2D eigenvalue weighted by atomic mass is 16.5. The fourth-order valence-corrected chi connectivity index (χ4v) is 2.14. The van der Waals surface area contributed by atoms with Crippen LogP contribution in [0.1, 0.15) is 40.5 Å². The predicted octanol–water partition coefficient (Wildman–Crippen LogP) is -0.105. The van der Waals surface area contributed by atoms with Crippen LogP contribution in [0.2, 0.25) is 0 Å². The zero-order valence-corrected chi connectivity index (χ0v) is 13.5. The van der Waals surface area contributed by atoms with Crippen LogP contribution in [0.4, 0.5) is 0 Å². The highest BCUT2D eigenvalue weighted by Gasteiger charge is 2.39. The normalized spacial score (nSPS) is 20.2. The molecule has 0 aromatic carbocycles. The van der Waals surface area contributed by atoms with Gasteiger partial charge in [0.2, 0.25) is 11.8 Å². The van der Waals surface area contributed by atoms with Gasteiger partial charge in [-0.15, -0.1) is 5.10 Å². The van der Waals surface area contributed by atoms with Gasteiger partial charge in [0, 0.05) is 26.4 Å². The maximum atomic E-state index is 12.6. The van der Waals surface area contributed by atoms with Crippen molar-refractivity contribution in [3.63, 3.8) is 0 Å². The molecule has 2 N–H and O–H groups in total. The largest absolute Gasteiger partial charge is 0.444 e. The molecule has 0 bridgehead atoms. The third kappa shape index (κ3) is 4.96. The van der Waals surface area contributed by atoms with Crippen molar-refractivity contribution in [2.24, 2.45) is 5.10 Å². The summed E-state index contributed by atoms with van der Waals surface area (Å²) in [7, 11) is 0. The summed E-state index contributed by atoms with van der Waals surface area (Å²) in [6, 6.07) is 0. The van der Waals surface area contributed by atoms with Gasteiger partial charge in [0.25, 0.3) is 12.1 Å². The molecule has 1 aliphatic heterocycles. The maximum Gasteiger partial charge on any atom is 0.287 e. The number of nitrogens with zero attached hydrogens (tertiary/aromatic N) is 3. The number of carbonyl (C=O) groups is 2. The topological polar surface area (TPSA) is 103 Å². The molecule has 0 aromatic rings. The minimum absolute atomic E-state index is 0.0401. The zero-order valence-electron chi connectivity index (χ0n) is 13.5. The third-order valence-electron chi connectivity index (χ3n) is 2.97. The van der Waals surface area contributed by atoms with Crippen molar-refractivity contribution in [3.05, 3.63) is 0 Å². The summed E-state index contributed by atoms with van der Waals surface area (Å²) in [5.74, 6) is -0.574. The first-order valence-corrected chi connectivity index (χ1v) is 7.45. The van der Waals surface area contributed by atoms with Gasteiger partial charge in [-0.2, -0.15) is 5.01 Å². The Bertz CT molecular complexity index is 426. The molecule has 0 fully saturated rings. The first-order valence-electron chi connectivity index (χ1n) is 7.45. The Hall–Kier alpha value is -1.67. The summed E-state index contributed by atoms with van der Waals surface area (Å²) in [5.41, 5.74) is 0. The van der Waals surface area contributed by atoms with E-state index < -0.39 is 30.3 Å².